The minimum absolute atomic E-state index is 0.592. The first-order chi connectivity index (χ1) is 4.87. The molecule has 0 amide bonds. The maximum Gasteiger partial charge on any atom is 0.0635 e. The van der Waals surface area contributed by atoms with E-state index in [2.05, 4.69) is 5.32 Å². The van der Waals surface area contributed by atoms with Gasteiger partial charge in [-0.2, -0.15) is 0 Å². The number of piperidine rings is 1. The van der Waals surface area contributed by atoms with Crippen molar-refractivity contribution in [1.82, 2.24) is 5.32 Å². The highest BCUT2D eigenvalue weighted by molar-refractivity contribution is 5.05. The standard InChI is InChI=1S/C8H15NO/c1-10-7-6-8(7)2-4-9-5-3-8/h7,9H,2-6H2,1H3/t7-/m0/s1. The summed E-state index contributed by atoms with van der Waals surface area (Å²) in [7, 11) is 1.83. The normalized spacial score (nSPS) is 36.3. The van der Waals surface area contributed by atoms with Crippen molar-refractivity contribution in [2.24, 2.45) is 5.41 Å². The van der Waals surface area contributed by atoms with Crippen molar-refractivity contribution in [2.45, 2.75) is 25.4 Å². The van der Waals surface area contributed by atoms with Gasteiger partial charge in [-0.25, -0.2) is 0 Å². The van der Waals surface area contributed by atoms with Crippen molar-refractivity contribution in [3.8, 4) is 0 Å². The third-order valence-corrected chi connectivity index (χ3v) is 3.00. The van der Waals surface area contributed by atoms with Gasteiger partial charge in [-0.1, -0.05) is 0 Å². The summed E-state index contributed by atoms with van der Waals surface area (Å²) in [5, 5.41) is 3.37. The minimum atomic E-state index is 0.592. The summed E-state index contributed by atoms with van der Waals surface area (Å²) in [4.78, 5) is 0. The average molecular weight is 141 g/mol. The van der Waals surface area contributed by atoms with Crippen LogP contribution in [0.15, 0.2) is 0 Å². The Morgan fingerprint density at radius 2 is 2.10 bits per heavy atom. The molecule has 58 valence electrons. The van der Waals surface area contributed by atoms with Gasteiger partial charge < -0.3 is 10.1 Å². The Labute approximate surface area is 61.9 Å². The first-order valence-corrected chi connectivity index (χ1v) is 4.11. The smallest absolute Gasteiger partial charge is 0.0635 e. The third kappa shape index (κ3) is 0.867. The van der Waals surface area contributed by atoms with Crippen LogP contribution in [0.1, 0.15) is 19.3 Å². The number of methoxy groups -OCH3 is 1. The van der Waals surface area contributed by atoms with Crippen LogP contribution in [0.25, 0.3) is 0 Å². The molecule has 1 saturated heterocycles. The summed E-state index contributed by atoms with van der Waals surface area (Å²) >= 11 is 0. The lowest BCUT2D eigenvalue weighted by Crippen LogP contribution is -2.30. The van der Waals surface area contributed by atoms with Crippen molar-refractivity contribution in [1.29, 1.82) is 0 Å². The molecule has 0 unspecified atom stereocenters. The number of nitrogens with one attached hydrogen (secondary N) is 1. The van der Waals surface area contributed by atoms with Gasteiger partial charge in [0.15, 0.2) is 0 Å². The molecule has 0 aromatic heterocycles. The van der Waals surface area contributed by atoms with E-state index in [1.807, 2.05) is 7.11 Å². The Hall–Kier alpha value is -0.0800. The molecule has 1 heterocycles. The van der Waals surface area contributed by atoms with Gasteiger partial charge in [0.25, 0.3) is 0 Å². The molecule has 0 aromatic carbocycles. The fourth-order valence-electron chi connectivity index (χ4n) is 2.09. The average Bonchev–Trinajstić information content (AvgIpc) is 2.65. The van der Waals surface area contributed by atoms with Crippen LogP contribution in [0.3, 0.4) is 0 Å². The molecule has 2 heteroatoms. The lowest BCUT2D eigenvalue weighted by molar-refractivity contribution is 0.129. The molecule has 1 N–H and O–H groups in total. The topological polar surface area (TPSA) is 21.3 Å². The first-order valence-electron chi connectivity index (χ1n) is 4.11. The largest absolute Gasteiger partial charge is 0.381 e. The predicted molar refractivity (Wildman–Crippen MR) is 40.0 cm³/mol. The van der Waals surface area contributed by atoms with E-state index in [0.29, 0.717) is 11.5 Å². The van der Waals surface area contributed by atoms with E-state index in [9.17, 15) is 0 Å². The van der Waals surface area contributed by atoms with E-state index in [-0.39, 0.29) is 0 Å². The van der Waals surface area contributed by atoms with Crippen LogP contribution in [0, 0.1) is 5.41 Å². The Morgan fingerprint density at radius 3 is 2.60 bits per heavy atom. The van der Waals surface area contributed by atoms with Crippen molar-refractivity contribution in [2.75, 3.05) is 20.2 Å². The number of hydrogen-bond acceptors (Lipinski definition) is 2. The summed E-state index contributed by atoms with van der Waals surface area (Å²) in [6, 6.07) is 0. The van der Waals surface area contributed by atoms with E-state index in [0.717, 1.165) is 0 Å². The molecule has 10 heavy (non-hydrogen) atoms. The Balaban J connectivity index is 1.92. The summed E-state index contributed by atoms with van der Waals surface area (Å²) < 4.78 is 5.33. The van der Waals surface area contributed by atoms with Crippen LogP contribution in [-0.2, 0) is 4.74 Å². The Morgan fingerprint density at radius 1 is 1.40 bits per heavy atom. The van der Waals surface area contributed by atoms with Crippen LogP contribution in [-0.4, -0.2) is 26.3 Å². The van der Waals surface area contributed by atoms with Gasteiger partial charge in [0, 0.05) is 12.5 Å². The maximum atomic E-state index is 5.33. The maximum absolute atomic E-state index is 5.33. The second-order valence-electron chi connectivity index (χ2n) is 3.54. The Bertz CT molecular complexity index is 129. The minimum Gasteiger partial charge on any atom is -0.381 e. The summed E-state index contributed by atoms with van der Waals surface area (Å²) in [6.45, 7) is 2.39. The zero-order valence-electron chi connectivity index (χ0n) is 6.52. The fraction of sp³-hybridized carbons (Fsp3) is 1.00. The molecule has 2 nitrogen and oxygen atoms in total. The van der Waals surface area contributed by atoms with Crippen LogP contribution >= 0.6 is 0 Å². The van der Waals surface area contributed by atoms with E-state index in [1.165, 1.54) is 32.4 Å². The van der Waals surface area contributed by atoms with Gasteiger partial charge >= 0.3 is 0 Å². The van der Waals surface area contributed by atoms with Crippen molar-refractivity contribution >= 4 is 0 Å². The molecule has 1 aliphatic heterocycles. The predicted octanol–water partition coefficient (Wildman–Crippen LogP) is 0.775. The highest BCUT2D eigenvalue weighted by Crippen LogP contribution is 2.54. The quantitative estimate of drug-likeness (QED) is 0.582. The summed E-state index contributed by atoms with van der Waals surface area (Å²) in [5.74, 6) is 0. The van der Waals surface area contributed by atoms with Crippen molar-refractivity contribution < 1.29 is 4.74 Å². The monoisotopic (exact) mass is 141 g/mol. The van der Waals surface area contributed by atoms with Crippen LogP contribution in [0.4, 0.5) is 0 Å². The lowest BCUT2D eigenvalue weighted by atomic mass is 9.94. The zero-order valence-corrected chi connectivity index (χ0v) is 6.52. The first kappa shape index (κ1) is 6.62. The SMILES string of the molecule is CO[C@H]1CC12CCNCC2. The highest BCUT2D eigenvalue weighted by atomic mass is 16.5. The molecule has 0 aromatic rings. The lowest BCUT2D eigenvalue weighted by Gasteiger charge is -2.22. The second kappa shape index (κ2) is 2.21. The molecule has 1 spiro atoms. The van der Waals surface area contributed by atoms with Crippen LogP contribution in [0.2, 0.25) is 0 Å². The number of ether oxygens (including phenoxy) is 1. The molecular formula is C8H15NO. The van der Waals surface area contributed by atoms with Gasteiger partial charge in [-0.05, 0) is 32.4 Å². The summed E-state index contributed by atoms with van der Waals surface area (Å²) in [6.07, 6.45) is 4.55. The fourth-order valence-corrected chi connectivity index (χ4v) is 2.09. The molecule has 2 fully saturated rings. The number of rotatable bonds is 1. The molecule has 2 aliphatic rings. The highest BCUT2D eigenvalue weighted by Gasteiger charge is 2.54. The van der Waals surface area contributed by atoms with Crippen molar-refractivity contribution in [3.63, 3.8) is 0 Å². The van der Waals surface area contributed by atoms with Crippen molar-refractivity contribution in [3.05, 3.63) is 0 Å². The van der Waals surface area contributed by atoms with Gasteiger partial charge in [0.05, 0.1) is 6.10 Å². The third-order valence-electron chi connectivity index (χ3n) is 3.00. The van der Waals surface area contributed by atoms with E-state index in [1.54, 1.807) is 0 Å². The van der Waals surface area contributed by atoms with Gasteiger partial charge in [-0.3, -0.25) is 0 Å². The van der Waals surface area contributed by atoms with E-state index < -0.39 is 0 Å². The molecule has 1 atom stereocenters. The van der Waals surface area contributed by atoms with Crippen LogP contribution in [0.5, 0.6) is 0 Å². The second-order valence-corrected chi connectivity index (χ2v) is 3.54. The molecule has 0 radical (unpaired) electrons. The Kier molecular flexibility index (Phi) is 1.46. The van der Waals surface area contributed by atoms with Gasteiger partial charge in [0.2, 0.25) is 0 Å². The van der Waals surface area contributed by atoms with E-state index in [4.69, 9.17) is 4.74 Å². The molecule has 0 bridgehead atoms. The van der Waals surface area contributed by atoms with Gasteiger partial charge in [0.1, 0.15) is 0 Å². The number of hydrogen-bond donors (Lipinski definition) is 1. The molecule has 1 saturated carbocycles. The molecule has 1 aliphatic carbocycles. The van der Waals surface area contributed by atoms with E-state index >= 15 is 0 Å². The van der Waals surface area contributed by atoms with Crippen LogP contribution < -0.4 is 5.32 Å². The zero-order chi connectivity index (χ0) is 7.03. The van der Waals surface area contributed by atoms with Gasteiger partial charge in [-0.15, -0.1) is 0 Å². The summed E-state index contributed by atoms with van der Waals surface area (Å²) in [5.41, 5.74) is 0.611. The molecule has 2 rings (SSSR count). The molecular weight excluding hydrogens is 126 g/mol.